The molecule has 0 aliphatic carbocycles. The molecule has 0 unspecified atom stereocenters. The molecule has 0 radical (unpaired) electrons. The Bertz CT molecular complexity index is 583. The molecule has 2 aromatic rings. The van der Waals surface area contributed by atoms with Crippen molar-refractivity contribution < 1.29 is 9.53 Å². The summed E-state index contributed by atoms with van der Waals surface area (Å²) in [6.45, 7) is 2.68. The summed E-state index contributed by atoms with van der Waals surface area (Å²) < 4.78 is 5.39. The molecule has 1 heterocycles. The highest BCUT2D eigenvalue weighted by molar-refractivity contribution is 7.09. The fourth-order valence-electron chi connectivity index (χ4n) is 1.60. The van der Waals surface area contributed by atoms with E-state index in [2.05, 4.69) is 15.6 Å². The van der Waals surface area contributed by atoms with Gasteiger partial charge in [0, 0.05) is 24.2 Å². The van der Waals surface area contributed by atoms with Crippen molar-refractivity contribution in [3.63, 3.8) is 0 Å². The molecule has 2 rings (SSSR count). The number of carbonyl (C=O) groups excluding carboxylic acids is 1. The van der Waals surface area contributed by atoms with Crippen molar-refractivity contribution in [2.45, 2.75) is 13.5 Å². The van der Waals surface area contributed by atoms with E-state index in [0.29, 0.717) is 12.3 Å². The van der Waals surface area contributed by atoms with E-state index in [0.717, 1.165) is 16.4 Å². The van der Waals surface area contributed by atoms with E-state index in [-0.39, 0.29) is 12.5 Å². The Morgan fingerprint density at radius 3 is 3.00 bits per heavy atom. The zero-order chi connectivity index (χ0) is 14.4. The van der Waals surface area contributed by atoms with Crippen molar-refractivity contribution in [3.8, 4) is 5.75 Å². The first-order valence-corrected chi connectivity index (χ1v) is 7.13. The molecular weight excluding hydrogens is 274 g/mol. The molecule has 2 N–H and O–H groups in total. The summed E-state index contributed by atoms with van der Waals surface area (Å²) >= 11 is 1.64. The van der Waals surface area contributed by atoms with Crippen LogP contribution in [0.25, 0.3) is 0 Å². The van der Waals surface area contributed by atoms with E-state index in [4.69, 9.17) is 4.74 Å². The van der Waals surface area contributed by atoms with E-state index in [9.17, 15) is 4.79 Å². The average Bonchev–Trinajstić information content (AvgIpc) is 2.88. The molecule has 20 heavy (non-hydrogen) atoms. The van der Waals surface area contributed by atoms with E-state index in [1.807, 2.05) is 36.6 Å². The Morgan fingerprint density at radius 1 is 1.45 bits per heavy atom. The Balaban J connectivity index is 1.90. The number of carbonyl (C=O) groups is 1. The van der Waals surface area contributed by atoms with Crippen LogP contribution < -0.4 is 15.4 Å². The molecule has 5 nitrogen and oxygen atoms in total. The van der Waals surface area contributed by atoms with Crippen molar-refractivity contribution in [1.82, 2.24) is 10.3 Å². The van der Waals surface area contributed by atoms with Crippen LogP contribution in [-0.2, 0) is 11.3 Å². The molecule has 0 aliphatic rings. The zero-order valence-corrected chi connectivity index (χ0v) is 12.3. The van der Waals surface area contributed by atoms with Crippen LogP contribution >= 0.6 is 11.3 Å². The van der Waals surface area contributed by atoms with Crippen LogP contribution in [0.2, 0.25) is 0 Å². The summed E-state index contributed by atoms with van der Waals surface area (Å²) in [5, 5.41) is 8.89. The lowest BCUT2D eigenvalue weighted by Crippen LogP contribution is -2.24. The van der Waals surface area contributed by atoms with Gasteiger partial charge in [-0.3, -0.25) is 4.79 Å². The summed E-state index contributed by atoms with van der Waals surface area (Å²) in [5.41, 5.74) is 1.95. The summed E-state index contributed by atoms with van der Waals surface area (Å²) in [6.07, 6.45) is 0. The Morgan fingerprint density at radius 2 is 2.30 bits per heavy atom. The van der Waals surface area contributed by atoms with Crippen LogP contribution in [-0.4, -0.2) is 24.5 Å². The Labute approximate surface area is 122 Å². The number of nitrogens with one attached hydrogen (secondary N) is 2. The first-order valence-electron chi connectivity index (χ1n) is 6.25. The Kier molecular flexibility index (Phi) is 4.95. The predicted molar refractivity (Wildman–Crippen MR) is 80.2 cm³/mol. The minimum absolute atomic E-state index is 0.0191. The van der Waals surface area contributed by atoms with Gasteiger partial charge in [0.15, 0.2) is 6.61 Å². The minimum Gasteiger partial charge on any atom is -0.484 e. The number of aryl methyl sites for hydroxylation is 1. The molecule has 0 fully saturated rings. The molecule has 106 valence electrons. The second-order valence-corrected chi connectivity index (χ2v) is 5.26. The highest BCUT2D eigenvalue weighted by Crippen LogP contribution is 2.18. The molecule has 1 aromatic carbocycles. The van der Waals surface area contributed by atoms with Crippen molar-refractivity contribution in [3.05, 3.63) is 40.3 Å². The third kappa shape index (κ3) is 4.24. The summed E-state index contributed by atoms with van der Waals surface area (Å²) in [6, 6.07) is 7.52. The standard InChI is InChI=1S/C14H17N3O2S/c1-10-17-12(9-20-10)7-16-11-4-3-5-13(6-11)19-8-14(18)15-2/h3-6,9,16H,7-8H2,1-2H3,(H,15,18). The van der Waals surface area contributed by atoms with Gasteiger partial charge in [0.1, 0.15) is 5.75 Å². The van der Waals surface area contributed by atoms with E-state index >= 15 is 0 Å². The molecule has 0 spiro atoms. The van der Waals surface area contributed by atoms with Gasteiger partial charge < -0.3 is 15.4 Å². The van der Waals surface area contributed by atoms with Gasteiger partial charge in [-0.05, 0) is 19.1 Å². The van der Waals surface area contributed by atoms with Gasteiger partial charge >= 0.3 is 0 Å². The average molecular weight is 291 g/mol. The minimum atomic E-state index is -0.152. The molecular formula is C14H17N3O2S. The maximum absolute atomic E-state index is 11.1. The SMILES string of the molecule is CNC(=O)COc1cccc(NCc2csc(C)n2)c1. The lowest BCUT2D eigenvalue weighted by molar-refractivity contribution is -0.122. The first kappa shape index (κ1) is 14.3. The molecule has 0 saturated carbocycles. The number of hydrogen-bond acceptors (Lipinski definition) is 5. The second kappa shape index (κ2) is 6.91. The molecule has 6 heteroatoms. The van der Waals surface area contributed by atoms with Gasteiger partial charge in [0.05, 0.1) is 17.2 Å². The number of ether oxygens (including phenoxy) is 1. The van der Waals surface area contributed by atoms with E-state index < -0.39 is 0 Å². The van der Waals surface area contributed by atoms with Gasteiger partial charge in [0.25, 0.3) is 5.91 Å². The van der Waals surface area contributed by atoms with Crippen LogP contribution in [0, 0.1) is 6.92 Å². The van der Waals surface area contributed by atoms with Crippen molar-refractivity contribution >= 4 is 22.9 Å². The fraction of sp³-hybridized carbons (Fsp3) is 0.286. The number of amides is 1. The number of thiazole rings is 1. The van der Waals surface area contributed by atoms with E-state index in [1.54, 1.807) is 18.4 Å². The molecule has 0 atom stereocenters. The quantitative estimate of drug-likeness (QED) is 0.856. The number of nitrogens with zero attached hydrogens (tertiary/aromatic N) is 1. The number of aromatic nitrogens is 1. The largest absolute Gasteiger partial charge is 0.484 e. The van der Waals surface area contributed by atoms with Gasteiger partial charge in [-0.1, -0.05) is 6.07 Å². The van der Waals surface area contributed by atoms with Gasteiger partial charge in [-0.2, -0.15) is 0 Å². The number of rotatable bonds is 6. The maximum atomic E-state index is 11.1. The third-order valence-corrected chi connectivity index (χ3v) is 3.45. The summed E-state index contributed by atoms with van der Waals surface area (Å²) in [7, 11) is 1.58. The van der Waals surface area contributed by atoms with Crippen molar-refractivity contribution in [2.75, 3.05) is 19.0 Å². The Hall–Kier alpha value is -2.08. The zero-order valence-electron chi connectivity index (χ0n) is 11.5. The topological polar surface area (TPSA) is 63.2 Å². The van der Waals surface area contributed by atoms with Crippen LogP contribution in [0.4, 0.5) is 5.69 Å². The van der Waals surface area contributed by atoms with Crippen LogP contribution in [0.1, 0.15) is 10.7 Å². The molecule has 0 bridgehead atoms. The normalized spacial score (nSPS) is 10.1. The predicted octanol–water partition coefficient (Wildman–Crippen LogP) is 2.19. The number of benzene rings is 1. The number of anilines is 1. The number of likely N-dealkylation sites (N-methyl/N-ethyl adjacent to an activating group) is 1. The molecule has 0 saturated heterocycles. The summed E-state index contributed by atoms with van der Waals surface area (Å²) in [5.74, 6) is 0.509. The van der Waals surface area contributed by atoms with Crippen molar-refractivity contribution in [1.29, 1.82) is 0 Å². The van der Waals surface area contributed by atoms with Crippen LogP contribution in [0.15, 0.2) is 29.6 Å². The highest BCUT2D eigenvalue weighted by Gasteiger charge is 2.02. The lowest BCUT2D eigenvalue weighted by atomic mass is 10.3. The monoisotopic (exact) mass is 291 g/mol. The van der Waals surface area contributed by atoms with E-state index in [1.165, 1.54) is 0 Å². The van der Waals surface area contributed by atoms with Crippen LogP contribution in [0.3, 0.4) is 0 Å². The highest BCUT2D eigenvalue weighted by atomic mass is 32.1. The van der Waals surface area contributed by atoms with Crippen LogP contribution in [0.5, 0.6) is 5.75 Å². The van der Waals surface area contributed by atoms with Gasteiger partial charge in [-0.25, -0.2) is 4.98 Å². The summed E-state index contributed by atoms with van der Waals surface area (Å²) in [4.78, 5) is 15.5. The first-order chi connectivity index (χ1) is 9.67. The molecule has 1 aromatic heterocycles. The molecule has 0 aliphatic heterocycles. The van der Waals surface area contributed by atoms with Gasteiger partial charge in [-0.15, -0.1) is 11.3 Å². The second-order valence-electron chi connectivity index (χ2n) is 4.20. The number of hydrogen-bond donors (Lipinski definition) is 2. The maximum Gasteiger partial charge on any atom is 0.257 e. The lowest BCUT2D eigenvalue weighted by Gasteiger charge is -2.08. The van der Waals surface area contributed by atoms with Gasteiger partial charge in [0.2, 0.25) is 0 Å². The van der Waals surface area contributed by atoms with Crippen molar-refractivity contribution in [2.24, 2.45) is 0 Å². The third-order valence-electron chi connectivity index (χ3n) is 2.62. The molecule has 1 amide bonds. The smallest absolute Gasteiger partial charge is 0.257 e. The fourth-order valence-corrected chi connectivity index (χ4v) is 2.21.